The Labute approximate surface area is 131 Å². The Morgan fingerprint density at radius 2 is 1.70 bits per heavy atom. The topological polar surface area (TPSA) is 12.0 Å². The van der Waals surface area contributed by atoms with Crippen LogP contribution in [0.25, 0.3) is 0 Å². The number of halogens is 3. The van der Waals surface area contributed by atoms with Crippen molar-refractivity contribution in [2.24, 2.45) is 0 Å². The number of hydrogen-bond acceptors (Lipinski definition) is 1. The first-order valence-electron chi connectivity index (χ1n) is 6.36. The van der Waals surface area contributed by atoms with Crippen molar-refractivity contribution in [3.05, 3.63) is 62.2 Å². The maximum absolute atomic E-state index is 13.9. The Morgan fingerprint density at radius 1 is 1.00 bits per heavy atom. The zero-order chi connectivity index (χ0) is 14.9. The fourth-order valence-corrected chi connectivity index (χ4v) is 2.52. The fourth-order valence-electron chi connectivity index (χ4n) is 2.00. The largest absolute Gasteiger partial charge is 0.378 e. The SMILES string of the molecule is Cc1cc(F)c(C(C)Nc2ccc(C)c(I)c2)cc1F. The van der Waals surface area contributed by atoms with Crippen molar-refractivity contribution < 1.29 is 8.78 Å². The van der Waals surface area contributed by atoms with E-state index in [4.69, 9.17) is 0 Å². The monoisotopic (exact) mass is 387 g/mol. The maximum atomic E-state index is 13.9. The fraction of sp³-hybridized carbons (Fsp3) is 0.250. The number of anilines is 1. The predicted molar refractivity (Wildman–Crippen MR) is 87.0 cm³/mol. The molecule has 0 aliphatic rings. The molecule has 0 aromatic heterocycles. The molecule has 0 saturated heterocycles. The van der Waals surface area contributed by atoms with Gasteiger partial charge >= 0.3 is 0 Å². The van der Waals surface area contributed by atoms with Crippen molar-refractivity contribution >= 4 is 28.3 Å². The van der Waals surface area contributed by atoms with Gasteiger partial charge in [0.1, 0.15) is 11.6 Å². The highest BCUT2D eigenvalue weighted by atomic mass is 127. The molecular formula is C16H16F2IN. The van der Waals surface area contributed by atoms with Crippen LogP contribution in [-0.4, -0.2) is 0 Å². The van der Waals surface area contributed by atoms with Crippen molar-refractivity contribution in [3.8, 4) is 0 Å². The summed E-state index contributed by atoms with van der Waals surface area (Å²) in [5.74, 6) is -0.765. The molecule has 20 heavy (non-hydrogen) atoms. The first kappa shape index (κ1) is 15.2. The van der Waals surface area contributed by atoms with Crippen molar-refractivity contribution in [1.29, 1.82) is 0 Å². The van der Waals surface area contributed by atoms with Gasteiger partial charge in [-0.2, -0.15) is 0 Å². The van der Waals surface area contributed by atoms with Gasteiger partial charge in [0, 0.05) is 14.8 Å². The third-order valence-corrected chi connectivity index (χ3v) is 4.46. The molecule has 0 radical (unpaired) electrons. The summed E-state index contributed by atoms with van der Waals surface area (Å²) in [7, 11) is 0. The van der Waals surface area contributed by atoms with E-state index in [1.165, 1.54) is 17.7 Å². The summed E-state index contributed by atoms with van der Waals surface area (Å²) in [6.45, 7) is 5.41. The van der Waals surface area contributed by atoms with Crippen LogP contribution in [0.15, 0.2) is 30.3 Å². The lowest BCUT2D eigenvalue weighted by Gasteiger charge is -2.17. The first-order chi connectivity index (χ1) is 9.38. The van der Waals surface area contributed by atoms with Crippen molar-refractivity contribution in [3.63, 3.8) is 0 Å². The lowest BCUT2D eigenvalue weighted by molar-refractivity contribution is 0.571. The van der Waals surface area contributed by atoms with E-state index in [-0.39, 0.29) is 17.7 Å². The zero-order valence-corrected chi connectivity index (χ0v) is 13.8. The highest BCUT2D eigenvalue weighted by molar-refractivity contribution is 14.1. The van der Waals surface area contributed by atoms with E-state index in [2.05, 4.69) is 27.9 Å². The van der Waals surface area contributed by atoms with Crippen LogP contribution in [0.1, 0.15) is 29.7 Å². The van der Waals surface area contributed by atoms with Gasteiger partial charge in [-0.3, -0.25) is 0 Å². The Hall–Kier alpha value is -1.17. The molecule has 2 aromatic rings. The van der Waals surface area contributed by atoms with E-state index in [0.717, 1.165) is 9.26 Å². The highest BCUT2D eigenvalue weighted by Crippen LogP contribution is 2.25. The summed E-state index contributed by atoms with van der Waals surface area (Å²) in [4.78, 5) is 0. The van der Waals surface area contributed by atoms with E-state index >= 15 is 0 Å². The van der Waals surface area contributed by atoms with E-state index in [1.807, 2.05) is 32.0 Å². The summed E-state index contributed by atoms with van der Waals surface area (Å²) in [5, 5.41) is 3.20. The summed E-state index contributed by atoms with van der Waals surface area (Å²) in [6, 6.07) is 8.14. The molecule has 0 amide bonds. The average Bonchev–Trinajstić information content (AvgIpc) is 2.38. The van der Waals surface area contributed by atoms with Gasteiger partial charge in [-0.15, -0.1) is 0 Å². The summed E-state index contributed by atoms with van der Waals surface area (Å²) < 4.78 is 28.6. The van der Waals surface area contributed by atoms with E-state index < -0.39 is 0 Å². The van der Waals surface area contributed by atoms with Gasteiger partial charge in [0.05, 0.1) is 6.04 Å². The average molecular weight is 387 g/mol. The molecule has 0 fully saturated rings. The molecule has 1 N–H and O–H groups in total. The Morgan fingerprint density at radius 3 is 2.35 bits per heavy atom. The zero-order valence-electron chi connectivity index (χ0n) is 11.6. The number of nitrogens with one attached hydrogen (secondary N) is 1. The molecule has 2 rings (SSSR count). The second-order valence-corrected chi connectivity index (χ2v) is 6.12. The number of aryl methyl sites for hydroxylation is 2. The van der Waals surface area contributed by atoms with Crippen LogP contribution in [0, 0.1) is 29.1 Å². The van der Waals surface area contributed by atoms with Gasteiger partial charge < -0.3 is 5.32 Å². The third kappa shape index (κ3) is 3.29. The summed E-state index contributed by atoms with van der Waals surface area (Å²) in [5.41, 5.74) is 2.75. The van der Waals surface area contributed by atoms with E-state index in [9.17, 15) is 8.78 Å². The molecule has 0 aliphatic heterocycles. The molecule has 0 aliphatic carbocycles. The second kappa shape index (κ2) is 6.08. The lowest BCUT2D eigenvalue weighted by Crippen LogP contribution is -2.10. The summed E-state index contributed by atoms with van der Waals surface area (Å²) in [6.07, 6.45) is 0. The Bertz CT molecular complexity index is 641. The molecule has 0 bridgehead atoms. The molecule has 0 saturated carbocycles. The van der Waals surface area contributed by atoms with Gasteiger partial charge in [-0.05, 0) is 78.8 Å². The Balaban J connectivity index is 2.25. The standard InChI is InChI=1S/C16H16F2IN/c1-9-4-5-12(7-16(9)19)20-11(3)13-8-14(17)10(2)6-15(13)18/h4-8,11,20H,1-3H3. The molecule has 1 unspecified atom stereocenters. The molecular weight excluding hydrogens is 371 g/mol. The van der Waals surface area contributed by atoms with Crippen molar-refractivity contribution in [2.75, 3.05) is 5.32 Å². The van der Waals surface area contributed by atoms with Crippen LogP contribution in [0.5, 0.6) is 0 Å². The van der Waals surface area contributed by atoms with Gasteiger partial charge in [-0.25, -0.2) is 8.78 Å². The minimum Gasteiger partial charge on any atom is -0.378 e. The molecule has 1 nitrogen and oxygen atoms in total. The van der Waals surface area contributed by atoms with Crippen LogP contribution in [0.3, 0.4) is 0 Å². The first-order valence-corrected chi connectivity index (χ1v) is 7.44. The van der Waals surface area contributed by atoms with Gasteiger partial charge in [-0.1, -0.05) is 6.07 Å². The minimum atomic E-state index is -0.384. The molecule has 106 valence electrons. The second-order valence-electron chi connectivity index (χ2n) is 4.95. The van der Waals surface area contributed by atoms with Gasteiger partial charge in [0.15, 0.2) is 0 Å². The summed E-state index contributed by atoms with van der Waals surface area (Å²) >= 11 is 2.25. The van der Waals surface area contributed by atoms with Crippen LogP contribution >= 0.6 is 22.6 Å². The minimum absolute atomic E-state index is 0.302. The van der Waals surface area contributed by atoms with E-state index in [1.54, 1.807) is 6.92 Å². The molecule has 0 heterocycles. The number of benzene rings is 2. The van der Waals surface area contributed by atoms with Crippen LogP contribution < -0.4 is 5.32 Å². The molecule has 2 aromatic carbocycles. The molecule has 4 heteroatoms. The number of rotatable bonds is 3. The van der Waals surface area contributed by atoms with Gasteiger partial charge in [0.25, 0.3) is 0 Å². The molecule has 0 spiro atoms. The normalized spacial score (nSPS) is 12.3. The van der Waals surface area contributed by atoms with Crippen LogP contribution in [0.4, 0.5) is 14.5 Å². The van der Waals surface area contributed by atoms with Crippen LogP contribution in [-0.2, 0) is 0 Å². The van der Waals surface area contributed by atoms with E-state index in [0.29, 0.717) is 11.1 Å². The third-order valence-electron chi connectivity index (χ3n) is 3.30. The maximum Gasteiger partial charge on any atom is 0.128 e. The predicted octanol–water partition coefficient (Wildman–Crippen LogP) is 5.36. The van der Waals surface area contributed by atoms with Crippen LogP contribution in [0.2, 0.25) is 0 Å². The van der Waals surface area contributed by atoms with Crippen molar-refractivity contribution in [1.82, 2.24) is 0 Å². The van der Waals surface area contributed by atoms with Gasteiger partial charge in [0.2, 0.25) is 0 Å². The highest BCUT2D eigenvalue weighted by Gasteiger charge is 2.14. The molecule has 1 atom stereocenters. The quantitative estimate of drug-likeness (QED) is 0.700. The smallest absolute Gasteiger partial charge is 0.128 e. The lowest BCUT2D eigenvalue weighted by atomic mass is 10.0. The number of hydrogen-bond donors (Lipinski definition) is 1. The van der Waals surface area contributed by atoms with Crippen molar-refractivity contribution in [2.45, 2.75) is 26.8 Å². The Kier molecular flexibility index (Phi) is 4.62.